The maximum Gasteiger partial charge on any atom is 0.338 e. The van der Waals surface area contributed by atoms with Crippen LogP contribution in [0, 0.1) is 19.8 Å². The summed E-state index contributed by atoms with van der Waals surface area (Å²) in [6, 6.07) is 13.9. The molecule has 1 aliphatic rings. The quantitative estimate of drug-likeness (QED) is 0.328. The zero-order valence-corrected chi connectivity index (χ0v) is 21.0. The molecule has 0 bridgehead atoms. The fraction of sp³-hybridized carbons (Fsp3) is 0.448. The number of esters is 1. The molecule has 1 fully saturated rings. The summed E-state index contributed by atoms with van der Waals surface area (Å²) < 4.78 is 11.5. The van der Waals surface area contributed by atoms with Crippen molar-refractivity contribution < 1.29 is 14.3 Å². The van der Waals surface area contributed by atoms with Crippen molar-refractivity contribution in [3.05, 3.63) is 76.9 Å². The number of aryl methyl sites for hydroxylation is 2. The summed E-state index contributed by atoms with van der Waals surface area (Å²) in [5.41, 5.74) is 5.35. The SMILES string of the molecule is COC(=O)c1ccc(COC(CCC2CCCCC2)c2cnnc(C)n2)cc1-c1ccccc1C. The molecule has 6 heteroatoms. The second-order valence-corrected chi connectivity index (χ2v) is 9.50. The van der Waals surface area contributed by atoms with E-state index < -0.39 is 0 Å². The molecule has 6 nitrogen and oxygen atoms in total. The summed E-state index contributed by atoms with van der Waals surface area (Å²) >= 11 is 0. The average Bonchev–Trinajstić information content (AvgIpc) is 2.89. The normalized spacial score (nSPS) is 15.1. The topological polar surface area (TPSA) is 74.2 Å². The van der Waals surface area contributed by atoms with Crippen molar-refractivity contribution in [1.29, 1.82) is 0 Å². The number of rotatable bonds is 9. The van der Waals surface area contributed by atoms with Gasteiger partial charge in [-0.25, -0.2) is 9.78 Å². The standard InChI is InChI=1S/C29H35N3O3/c1-20-9-7-8-12-24(20)26-17-23(13-15-25(26)29(33)34-3)19-35-28(27-18-30-32-21(2)31-27)16-14-22-10-5-4-6-11-22/h7-9,12-13,15,17-18,22,28H,4-6,10-11,14,16,19H2,1-3H3. The number of carbonyl (C=O) groups excluding carboxylic acids is 1. The van der Waals surface area contributed by atoms with Crippen LogP contribution in [0.15, 0.2) is 48.7 Å². The summed E-state index contributed by atoms with van der Waals surface area (Å²) in [5.74, 6) is 1.07. The smallest absolute Gasteiger partial charge is 0.338 e. The molecule has 1 saturated carbocycles. The maximum absolute atomic E-state index is 12.5. The molecule has 1 unspecified atom stereocenters. The number of methoxy groups -OCH3 is 1. The van der Waals surface area contributed by atoms with Crippen LogP contribution < -0.4 is 0 Å². The molecule has 3 aromatic rings. The first-order valence-corrected chi connectivity index (χ1v) is 12.6. The van der Waals surface area contributed by atoms with E-state index in [0.717, 1.165) is 46.7 Å². The lowest BCUT2D eigenvalue weighted by Crippen LogP contribution is -2.13. The van der Waals surface area contributed by atoms with Gasteiger partial charge in [0.2, 0.25) is 0 Å². The van der Waals surface area contributed by atoms with E-state index in [1.807, 2.05) is 56.3 Å². The number of aromatic nitrogens is 3. The summed E-state index contributed by atoms with van der Waals surface area (Å²) in [6.07, 6.45) is 10.3. The van der Waals surface area contributed by atoms with E-state index in [2.05, 4.69) is 15.2 Å². The van der Waals surface area contributed by atoms with E-state index in [-0.39, 0.29) is 12.1 Å². The van der Waals surface area contributed by atoms with Gasteiger partial charge in [-0.05, 0) is 67.0 Å². The molecule has 1 atom stereocenters. The minimum Gasteiger partial charge on any atom is -0.465 e. The van der Waals surface area contributed by atoms with Gasteiger partial charge in [-0.3, -0.25) is 0 Å². The van der Waals surface area contributed by atoms with Crippen molar-refractivity contribution in [2.75, 3.05) is 7.11 Å². The van der Waals surface area contributed by atoms with Gasteiger partial charge in [0.05, 0.1) is 31.2 Å². The zero-order chi connectivity index (χ0) is 24.6. The molecule has 4 rings (SSSR count). The summed E-state index contributed by atoms with van der Waals surface area (Å²) in [6.45, 7) is 4.32. The van der Waals surface area contributed by atoms with E-state index in [0.29, 0.717) is 18.0 Å². The van der Waals surface area contributed by atoms with Crippen molar-refractivity contribution in [2.45, 2.75) is 71.5 Å². The van der Waals surface area contributed by atoms with Gasteiger partial charge >= 0.3 is 5.97 Å². The minimum atomic E-state index is -0.344. The Morgan fingerprint density at radius 2 is 1.86 bits per heavy atom. The lowest BCUT2D eigenvalue weighted by atomic mass is 9.85. The summed E-state index contributed by atoms with van der Waals surface area (Å²) in [7, 11) is 1.41. The third-order valence-corrected chi connectivity index (χ3v) is 6.95. The summed E-state index contributed by atoms with van der Waals surface area (Å²) in [5, 5.41) is 8.13. The first-order valence-electron chi connectivity index (χ1n) is 12.6. The lowest BCUT2D eigenvalue weighted by molar-refractivity contribution is 0.0252. The van der Waals surface area contributed by atoms with Crippen LogP contribution in [0.25, 0.3) is 11.1 Å². The third-order valence-electron chi connectivity index (χ3n) is 6.95. The Labute approximate surface area is 208 Å². The number of hydrogen-bond acceptors (Lipinski definition) is 6. The Morgan fingerprint density at radius 1 is 1.06 bits per heavy atom. The molecule has 1 aliphatic carbocycles. The van der Waals surface area contributed by atoms with Gasteiger partial charge in [0.25, 0.3) is 0 Å². The summed E-state index contributed by atoms with van der Waals surface area (Å²) in [4.78, 5) is 17.1. The fourth-order valence-electron chi connectivity index (χ4n) is 5.01. The van der Waals surface area contributed by atoms with Gasteiger partial charge in [0.15, 0.2) is 0 Å². The number of nitrogens with zero attached hydrogens (tertiary/aromatic N) is 3. The van der Waals surface area contributed by atoms with Crippen molar-refractivity contribution in [3.63, 3.8) is 0 Å². The van der Waals surface area contributed by atoms with Crippen molar-refractivity contribution in [1.82, 2.24) is 15.2 Å². The third kappa shape index (κ3) is 6.51. The van der Waals surface area contributed by atoms with Gasteiger partial charge in [0.1, 0.15) is 11.9 Å². The Hall–Kier alpha value is -3.12. The highest BCUT2D eigenvalue weighted by Gasteiger charge is 2.21. The molecular formula is C29H35N3O3. The Kier molecular flexibility index (Phi) is 8.59. The van der Waals surface area contributed by atoms with Gasteiger partial charge in [-0.2, -0.15) is 5.10 Å². The largest absolute Gasteiger partial charge is 0.465 e. The highest BCUT2D eigenvalue weighted by molar-refractivity contribution is 5.97. The number of benzene rings is 2. The monoisotopic (exact) mass is 473 g/mol. The molecule has 0 spiro atoms. The molecule has 0 N–H and O–H groups in total. The van der Waals surface area contributed by atoms with Crippen LogP contribution in [0.2, 0.25) is 0 Å². The molecule has 2 aromatic carbocycles. The first kappa shape index (κ1) is 25.0. The molecule has 0 aliphatic heterocycles. The van der Waals surface area contributed by atoms with Crippen LogP contribution in [0.3, 0.4) is 0 Å². The molecular weight excluding hydrogens is 438 g/mol. The van der Waals surface area contributed by atoms with Crippen molar-refractivity contribution in [2.24, 2.45) is 5.92 Å². The Balaban J connectivity index is 1.56. The van der Waals surface area contributed by atoms with Crippen LogP contribution >= 0.6 is 0 Å². The van der Waals surface area contributed by atoms with Crippen LogP contribution in [0.4, 0.5) is 0 Å². The predicted octanol–water partition coefficient (Wildman–Crippen LogP) is 6.56. The van der Waals surface area contributed by atoms with E-state index >= 15 is 0 Å². The van der Waals surface area contributed by atoms with Gasteiger partial charge in [-0.15, -0.1) is 5.10 Å². The highest BCUT2D eigenvalue weighted by atomic mass is 16.5. The zero-order valence-electron chi connectivity index (χ0n) is 21.0. The second-order valence-electron chi connectivity index (χ2n) is 9.50. The van der Waals surface area contributed by atoms with Crippen LogP contribution in [-0.4, -0.2) is 28.3 Å². The number of ether oxygens (including phenoxy) is 2. The fourth-order valence-corrected chi connectivity index (χ4v) is 5.01. The van der Waals surface area contributed by atoms with E-state index in [1.54, 1.807) is 6.20 Å². The van der Waals surface area contributed by atoms with E-state index in [9.17, 15) is 4.79 Å². The molecule has 0 amide bonds. The predicted molar refractivity (Wildman–Crippen MR) is 136 cm³/mol. The molecule has 0 saturated heterocycles. The Morgan fingerprint density at radius 3 is 2.60 bits per heavy atom. The number of hydrogen-bond donors (Lipinski definition) is 0. The van der Waals surface area contributed by atoms with E-state index in [1.165, 1.54) is 39.2 Å². The second kappa shape index (κ2) is 12.0. The van der Waals surface area contributed by atoms with Crippen molar-refractivity contribution in [3.8, 4) is 11.1 Å². The maximum atomic E-state index is 12.5. The van der Waals surface area contributed by atoms with Gasteiger partial charge < -0.3 is 9.47 Å². The minimum absolute atomic E-state index is 0.145. The van der Waals surface area contributed by atoms with Gasteiger partial charge in [0, 0.05) is 0 Å². The lowest BCUT2D eigenvalue weighted by Gasteiger charge is -2.24. The molecule has 1 heterocycles. The van der Waals surface area contributed by atoms with Crippen LogP contribution in [0.5, 0.6) is 0 Å². The molecule has 184 valence electrons. The number of carbonyl (C=O) groups is 1. The highest BCUT2D eigenvalue weighted by Crippen LogP contribution is 2.33. The molecule has 0 radical (unpaired) electrons. The van der Waals surface area contributed by atoms with Crippen LogP contribution in [0.1, 0.15) is 84.1 Å². The van der Waals surface area contributed by atoms with Crippen molar-refractivity contribution >= 4 is 5.97 Å². The molecule has 35 heavy (non-hydrogen) atoms. The van der Waals surface area contributed by atoms with Crippen LogP contribution in [-0.2, 0) is 16.1 Å². The molecule has 1 aromatic heterocycles. The average molecular weight is 474 g/mol. The van der Waals surface area contributed by atoms with Gasteiger partial charge in [-0.1, -0.05) is 62.4 Å². The van der Waals surface area contributed by atoms with E-state index in [4.69, 9.17) is 9.47 Å². The first-order chi connectivity index (χ1) is 17.0. The Bertz CT molecular complexity index is 1140.